The summed E-state index contributed by atoms with van der Waals surface area (Å²) in [5.74, 6) is 0.204. The summed E-state index contributed by atoms with van der Waals surface area (Å²) in [6.45, 7) is -0.435. The minimum atomic E-state index is -1.64. The van der Waals surface area contributed by atoms with Gasteiger partial charge in [-0.2, -0.15) is 0 Å². The van der Waals surface area contributed by atoms with E-state index in [4.69, 9.17) is 19.9 Å². The zero-order chi connectivity index (χ0) is 29.7. The van der Waals surface area contributed by atoms with E-state index in [0.29, 0.717) is 12.2 Å². The van der Waals surface area contributed by atoms with Gasteiger partial charge in [0.1, 0.15) is 42.7 Å². The molecule has 14 nitrogen and oxygen atoms in total. The van der Waals surface area contributed by atoms with Gasteiger partial charge in [-0.25, -0.2) is 4.99 Å². The normalized spacial score (nSPS) is 36.6. The van der Waals surface area contributed by atoms with Crippen LogP contribution in [0.4, 0.5) is 0 Å². The van der Waals surface area contributed by atoms with Crippen LogP contribution in [-0.4, -0.2) is 133 Å². The fourth-order valence-electron chi connectivity index (χ4n) is 4.71. The Labute approximate surface area is 240 Å². The van der Waals surface area contributed by atoms with Gasteiger partial charge in [-0.1, -0.05) is 30.3 Å². The first-order valence-corrected chi connectivity index (χ1v) is 14.4. The number of amidine groups is 1. The van der Waals surface area contributed by atoms with Crippen LogP contribution in [0.15, 0.2) is 35.3 Å². The number of carbonyl (C=O) groups is 2. The van der Waals surface area contributed by atoms with Crippen molar-refractivity contribution in [2.24, 2.45) is 10.7 Å². The van der Waals surface area contributed by atoms with Crippen LogP contribution >= 0.6 is 11.8 Å². The number of imide groups is 1. The predicted octanol–water partition coefficient (Wildman–Crippen LogP) is -2.55. The molecule has 4 rings (SSSR count). The van der Waals surface area contributed by atoms with E-state index in [-0.39, 0.29) is 43.6 Å². The highest BCUT2D eigenvalue weighted by molar-refractivity contribution is 8.00. The number of carbonyl (C=O) groups excluding carboxylic acids is 2. The number of likely N-dealkylation sites (tertiary alicyclic amines) is 1. The number of aliphatic hydroxyl groups is 6. The molecular weight excluding hydrogens is 562 g/mol. The van der Waals surface area contributed by atoms with Crippen molar-refractivity contribution in [3.8, 4) is 0 Å². The molecule has 0 unspecified atom stereocenters. The Morgan fingerprint density at radius 3 is 2.49 bits per heavy atom. The van der Waals surface area contributed by atoms with E-state index in [0.717, 1.165) is 5.56 Å². The summed E-state index contributed by atoms with van der Waals surface area (Å²) in [5.41, 5.74) is 6.90. The Hall–Kier alpha value is -2.18. The lowest BCUT2D eigenvalue weighted by atomic mass is 9.98. The second-order valence-corrected chi connectivity index (χ2v) is 11.5. The average Bonchev–Trinajstić information content (AvgIpc) is 3.22. The summed E-state index contributed by atoms with van der Waals surface area (Å²) in [4.78, 5) is 30.5. The molecule has 3 aliphatic rings. The third kappa shape index (κ3) is 7.81. The van der Waals surface area contributed by atoms with Crippen LogP contribution < -0.4 is 5.73 Å². The quantitative estimate of drug-likeness (QED) is 0.0603. The van der Waals surface area contributed by atoms with Crippen LogP contribution in [0.25, 0.3) is 0 Å². The molecule has 41 heavy (non-hydrogen) atoms. The molecule has 2 amide bonds. The molecule has 0 aromatic heterocycles. The van der Waals surface area contributed by atoms with E-state index >= 15 is 0 Å². The molecule has 0 saturated carbocycles. The molecule has 1 aromatic carbocycles. The highest BCUT2D eigenvalue weighted by Gasteiger charge is 2.45. The Morgan fingerprint density at radius 2 is 1.76 bits per heavy atom. The number of nitrogens with zero attached hydrogens (tertiary/aromatic N) is 2. The molecule has 3 fully saturated rings. The Morgan fingerprint density at radius 1 is 1.02 bits per heavy atom. The number of hydrogen-bond acceptors (Lipinski definition) is 13. The minimum Gasteiger partial charge on any atom is -0.388 e. The molecule has 15 heteroatoms. The lowest BCUT2D eigenvalue weighted by molar-refractivity contribution is -0.290. The molecule has 3 saturated heterocycles. The molecular formula is C26H37N3O11S. The summed E-state index contributed by atoms with van der Waals surface area (Å²) in [6.07, 6.45) is -12.0. The van der Waals surface area contributed by atoms with Gasteiger partial charge >= 0.3 is 0 Å². The van der Waals surface area contributed by atoms with E-state index in [9.17, 15) is 40.2 Å². The molecule has 3 aliphatic heterocycles. The summed E-state index contributed by atoms with van der Waals surface area (Å²) in [5, 5.41) is 59.8. The summed E-state index contributed by atoms with van der Waals surface area (Å²) < 4.78 is 16.1. The number of ether oxygens (including phenoxy) is 3. The van der Waals surface area contributed by atoms with Crippen LogP contribution in [0.5, 0.6) is 0 Å². The first-order valence-electron chi connectivity index (χ1n) is 13.4. The van der Waals surface area contributed by atoms with Gasteiger partial charge in [-0.3, -0.25) is 14.5 Å². The van der Waals surface area contributed by atoms with Gasteiger partial charge in [0.05, 0.1) is 30.8 Å². The van der Waals surface area contributed by atoms with Crippen LogP contribution in [-0.2, 0) is 30.3 Å². The van der Waals surface area contributed by atoms with Crippen molar-refractivity contribution in [3.63, 3.8) is 0 Å². The zero-order valence-corrected chi connectivity index (χ0v) is 23.0. The zero-order valence-electron chi connectivity index (χ0n) is 22.2. The van der Waals surface area contributed by atoms with Crippen molar-refractivity contribution in [3.05, 3.63) is 35.9 Å². The van der Waals surface area contributed by atoms with Gasteiger partial charge < -0.3 is 50.6 Å². The lowest BCUT2D eigenvalue weighted by Gasteiger charge is -2.40. The maximum atomic E-state index is 12.7. The molecule has 10 atom stereocenters. The summed E-state index contributed by atoms with van der Waals surface area (Å²) in [6, 6.07) is 9.28. The third-order valence-corrected chi connectivity index (χ3v) is 8.44. The van der Waals surface area contributed by atoms with Crippen molar-refractivity contribution < 1.29 is 54.4 Å². The van der Waals surface area contributed by atoms with Crippen LogP contribution in [0.2, 0.25) is 0 Å². The smallest absolute Gasteiger partial charge is 0.243 e. The lowest BCUT2D eigenvalue weighted by Crippen LogP contribution is -2.59. The molecule has 0 spiro atoms. The summed E-state index contributed by atoms with van der Waals surface area (Å²) in [7, 11) is 0. The van der Waals surface area contributed by atoms with E-state index in [1.165, 1.54) is 16.7 Å². The maximum absolute atomic E-state index is 12.7. The van der Waals surface area contributed by atoms with Gasteiger partial charge in [-0.05, 0) is 17.7 Å². The Bertz CT molecular complexity index is 1070. The molecule has 0 aliphatic carbocycles. The number of hydrogen-bond donors (Lipinski definition) is 7. The van der Waals surface area contributed by atoms with Gasteiger partial charge in [0.15, 0.2) is 12.5 Å². The fourth-order valence-corrected chi connectivity index (χ4v) is 5.84. The molecule has 1 aromatic rings. The highest BCUT2D eigenvalue weighted by atomic mass is 32.2. The molecule has 0 bridgehead atoms. The molecule has 0 radical (unpaired) electrons. The number of amides is 2. The van der Waals surface area contributed by atoms with Crippen molar-refractivity contribution in [2.75, 3.05) is 19.0 Å². The standard InChI is InChI=1S/C26H37N3O11S/c27-17(7-4-8-41-16-9-18(31)29(25(16)37)10-13-5-2-1-3-6-13)28-24-22(35)21(34)20(33)15(40-24)12-39-26-23(36)19(32)14(30)11-38-26/h1-3,5-6,14-16,19-24,26,30,32-36H,4,7-12H2,(H2,27,28)/t14-,15-,16-,19+,20-,21+,22-,23-,24-,26+/m1/s1. The minimum absolute atomic E-state index is 0.112. The fraction of sp³-hybridized carbons (Fsp3) is 0.654. The monoisotopic (exact) mass is 599 g/mol. The van der Waals surface area contributed by atoms with Gasteiger partial charge in [0.25, 0.3) is 0 Å². The van der Waals surface area contributed by atoms with Crippen LogP contribution in [0, 0.1) is 0 Å². The van der Waals surface area contributed by atoms with Crippen LogP contribution in [0.1, 0.15) is 24.8 Å². The number of aliphatic imine (C=N–C) groups is 1. The second-order valence-electron chi connectivity index (χ2n) is 10.2. The molecule has 3 heterocycles. The maximum Gasteiger partial charge on any atom is 0.243 e. The second kappa shape index (κ2) is 14.3. The van der Waals surface area contributed by atoms with Gasteiger partial charge in [0, 0.05) is 12.8 Å². The van der Waals surface area contributed by atoms with Gasteiger partial charge in [0.2, 0.25) is 11.8 Å². The highest BCUT2D eigenvalue weighted by Crippen LogP contribution is 2.28. The van der Waals surface area contributed by atoms with Crippen molar-refractivity contribution in [1.29, 1.82) is 0 Å². The van der Waals surface area contributed by atoms with E-state index < -0.39 is 67.1 Å². The Kier molecular flexibility index (Phi) is 11.1. The summed E-state index contributed by atoms with van der Waals surface area (Å²) >= 11 is 1.36. The number of benzene rings is 1. The van der Waals surface area contributed by atoms with Crippen molar-refractivity contribution in [2.45, 2.75) is 86.3 Å². The Balaban J connectivity index is 1.23. The largest absolute Gasteiger partial charge is 0.388 e. The third-order valence-electron chi connectivity index (χ3n) is 7.14. The van der Waals surface area contributed by atoms with Crippen molar-refractivity contribution >= 4 is 29.4 Å². The number of rotatable bonds is 11. The topological polar surface area (TPSA) is 225 Å². The first-order chi connectivity index (χ1) is 19.6. The average molecular weight is 600 g/mol. The predicted molar refractivity (Wildman–Crippen MR) is 144 cm³/mol. The van der Waals surface area contributed by atoms with Gasteiger partial charge in [-0.15, -0.1) is 11.8 Å². The number of nitrogens with two attached hydrogens (primary N) is 1. The number of thioether (sulfide) groups is 1. The molecule has 228 valence electrons. The first kappa shape index (κ1) is 31.7. The van der Waals surface area contributed by atoms with E-state index in [1.807, 2.05) is 30.3 Å². The van der Waals surface area contributed by atoms with E-state index in [2.05, 4.69) is 4.99 Å². The number of aliphatic hydroxyl groups excluding tert-OH is 6. The van der Waals surface area contributed by atoms with Crippen molar-refractivity contribution in [1.82, 2.24) is 4.90 Å². The van der Waals surface area contributed by atoms with Crippen LogP contribution in [0.3, 0.4) is 0 Å². The molecule has 8 N–H and O–H groups in total. The SMILES string of the molecule is NC(CCCS[C@@H]1CC(=O)N(Cc2ccccc2)C1=O)=N[C@@H]1O[C@H](CO[C@@H]2OC[C@@H](O)[C@H](O)[C@H]2O)[C@@H](O)[C@H](O)[C@H]1O. The van der Waals surface area contributed by atoms with E-state index in [1.54, 1.807) is 0 Å².